The van der Waals surface area contributed by atoms with Crippen LogP contribution in [0.5, 0.6) is 11.5 Å². The summed E-state index contributed by atoms with van der Waals surface area (Å²) in [5.74, 6) is -0.581. The standard InChI is InChI=1S/C21H20N4O6/c1-30-18-12-13(11-17(19(18)26)25(28)29)10-14(21(27)24-6-8-31-9-7-24)20-22-15-4-2-3-5-16(15)23-20/h2-5,10-12,26H,6-9H2,1H3,(H,22,23). The normalized spacial score (nSPS) is 14.6. The van der Waals surface area contributed by atoms with Crippen LogP contribution < -0.4 is 4.74 Å². The molecule has 2 aromatic carbocycles. The van der Waals surface area contributed by atoms with Crippen molar-refractivity contribution in [2.24, 2.45) is 0 Å². The van der Waals surface area contributed by atoms with Gasteiger partial charge in [-0.1, -0.05) is 12.1 Å². The molecule has 1 fully saturated rings. The summed E-state index contributed by atoms with van der Waals surface area (Å²) >= 11 is 0. The molecule has 2 N–H and O–H groups in total. The molecule has 10 nitrogen and oxygen atoms in total. The molecule has 0 atom stereocenters. The lowest BCUT2D eigenvalue weighted by Crippen LogP contribution is -2.41. The lowest BCUT2D eigenvalue weighted by molar-refractivity contribution is -0.386. The number of carbonyl (C=O) groups is 1. The van der Waals surface area contributed by atoms with E-state index in [4.69, 9.17) is 9.47 Å². The summed E-state index contributed by atoms with van der Waals surface area (Å²) in [6, 6.07) is 9.97. The second-order valence-corrected chi connectivity index (χ2v) is 6.91. The van der Waals surface area contributed by atoms with Crippen LogP contribution in [0.25, 0.3) is 22.7 Å². The van der Waals surface area contributed by atoms with Gasteiger partial charge < -0.3 is 24.5 Å². The fourth-order valence-corrected chi connectivity index (χ4v) is 3.41. The number of benzene rings is 2. The third-order valence-corrected chi connectivity index (χ3v) is 4.98. The highest BCUT2D eigenvalue weighted by molar-refractivity contribution is 6.23. The summed E-state index contributed by atoms with van der Waals surface area (Å²) in [4.78, 5) is 33.3. The Labute approximate surface area is 176 Å². The Bertz CT molecular complexity index is 1150. The molecule has 1 saturated heterocycles. The number of nitro benzene ring substituents is 1. The van der Waals surface area contributed by atoms with Crippen molar-refractivity contribution in [2.75, 3.05) is 33.4 Å². The summed E-state index contributed by atoms with van der Waals surface area (Å²) in [7, 11) is 1.30. The van der Waals surface area contributed by atoms with Gasteiger partial charge in [-0.05, 0) is 29.8 Å². The first-order valence-corrected chi connectivity index (χ1v) is 9.57. The average molecular weight is 424 g/mol. The van der Waals surface area contributed by atoms with Crippen LogP contribution in [0.2, 0.25) is 0 Å². The number of methoxy groups -OCH3 is 1. The number of carbonyl (C=O) groups excluding carboxylic acids is 1. The van der Waals surface area contributed by atoms with Crippen molar-refractivity contribution in [1.29, 1.82) is 0 Å². The fourth-order valence-electron chi connectivity index (χ4n) is 3.41. The number of aromatic amines is 1. The van der Waals surface area contributed by atoms with Crippen LogP contribution in [-0.2, 0) is 9.53 Å². The summed E-state index contributed by atoms with van der Waals surface area (Å²) in [6.07, 6.45) is 1.50. The van der Waals surface area contributed by atoms with E-state index in [1.807, 2.05) is 24.3 Å². The number of nitrogens with zero attached hydrogens (tertiary/aromatic N) is 3. The number of fused-ring (bicyclic) bond motifs is 1. The molecule has 1 aromatic heterocycles. The van der Waals surface area contributed by atoms with Crippen LogP contribution in [0.3, 0.4) is 0 Å². The van der Waals surface area contributed by atoms with E-state index in [9.17, 15) is 20.0 Å². The van der Waals surface area contributed by atoms with Crippen LogP contribution >= 0.6 is 0 Å². The number of morpholine rings is 1. The summed E-state index contributed by atoms with van der Waals surface area (Å²) in [5.41, 5.74) is 1.48. The van der Waals surface area contributed by atoms with E-state index >= 15 is 0 Å². The van der Waals surface area contributed by atoms with Gasteiger partial charge in [0.1, 0.15) is 5.82 Å². The Morgan fingerprint density at radius 3 is 2.74 bits per heavy atom. The summed E-state index contributed by atoms with van der Waals surface area (Å²) in [5, 5.41) is 21.4. The second kappa shape index (κ2) is 8.44. The second-order valence-electron chi connectivity index (χ2n) is 6.91. The van der Waals surface area contributed by atoms with Crippen LogP contribution in [0.4, 0.5) is 5.69 Å². The molecule has 0 saturated carbocycles. The van der Waals surface area contributed by atoms with E-state index in [0.29, 0.717) is 43.2 Å². The van der Waals surface area contributed by atoms with Gasteiger partial charge >= 0.3 is 5.69 Å². The van der Waals surface area contributed by atoms with Crippen molar-refractivity contribution < 1.29 is 24.3 Å². The number of hydrogen-bond acceptors (Lipinski definition) is 7. The largest absolute Gasteiger partial charge is 0.500 e. The van der Waals surface area contributed by atoms with Crippen molar-refractivity contribution in [3.05, 3.63) is 57.9 Å². The molecule has 160 valence electrons. The number of aromatic hydroxyl groups is 1. The number of phenolic OH excluding ortho intramolecular Hbond substituents is 1. The molecule has 2 heterocycles. The van der Waals surface area contributed by atoms with Crippen LogP contribution in [0, 0.1) is 10.1 Å². The van der Waals surface area contributed by atoms with Gasteiger partial charge in [-0.3, -0.25) is 14.9 Å². The number of hydrogen-bond donors (Lipinski definition) is 2. The van der Waals surface area contributed by atoms with E-state index in [0.717, 1.165) is 5.52 Å². The zero-order valence-electron chi connectivity index (χ0n) is 16.7. The zero-order chi connectivity index (χ0) is 22.0. The van der Waals surface area contributed by atoms with E-state index in [1.54, 1.807) is 4.90 Å². The fraction of sp³-hybridized carbons (Fsp3) is 0.238. The van der Waals surface area contributed by atoms with Crippen LogP contribution in [0.15, 0.2) is 36.4 Å². The van der Waals surface area contributed by atoms with Gasteiger partial charge in [0.15, 0.2) is 5.75 Å². The molecule has 0 spiro atoms. The Morgan fingerprint density at radius 1 is 1.32 bits per heavy atom. The van der Waals surface area contributed by atoms with E-state index in [2.05, 4.69) is 9.97 Å². The Balaban J connectivity index is 1.85. The number of para-hydroxylation sites is 2. The smallest absolute Gasteiger partial charge is 0.315 e. The van der Waals surface area contributed by atoms with Gasteiger partial charge in [-0.15, -0.1) is 0 Å². The van der Waals surface area contributed by atoms with Gasteiger partial charge in [-0.25, -0.2) is 4.98 Å². The van der Waals surface area contributed by atoms with Crippen molar-refractivity contribution in [3.63, 3.8) is 0 Å². The van der Waals surface area contributed by atoms with Crippen LogP contribution in [0.1, 0.15) is 11.4 Å². The summed E-state index contributed by atoms with van der Waals surface area (Å²) in [6.45, 7) is 1.71. The Hall–Kier alpha value is -3.92. The van der Waals surface area contributed by atoms with Gasteiger partial charge in [0.25, 0.3) is 5.91 Å². The van der Waals surface area contributed by atoms with Gasteiger partial charge in [0.05, 0.1) is 41.9 Å². The number of phenols is 1. The number of nitrogens with one attached hydrogen (secondary N) is 1. The van der Waals surface area contributed by atoms with Gasteiger partial charge in [-0.2, -0.15) is 0 Å². The molecule has 4 rings (SSSR count). The topological polar surface area (TPSA) is 131 Å². The van der Waals surface area contributed by atoms with Gasteiger partial charge in [0.2, 0.25) is 5.75 Å². The molecule has 1 amide bonds. The first-order chi connectivity index (χ1) is 15.0. The molecule has 1 aliphatic heterocycles. The number of amides is 1. The third kappa shape index (κ3) is 4.05. The first-order valence-electron chi connectivity index (χ1n) is 9.57. The van der Waals surface area contributed by atoms with Crippen molar-refractivity contribution in [2.45, 2.75) is 0 Å². The molecular formula is C21H20N4O6. The SMILES string of the molecule is COc1cc(C=C(C(=O)N2CCOCC2)c2nc3ccccc3[nH]2)cc([N+](=O)[O-])c1O. The number of H-pyrrole nitrogens is 1. The highest BCUT2D eigenvalue weighted by atomic mass is 16.6. The average Bonchev–Trinajstić information content (AvgIpc) is 3.22. The third-order valence-electron chi connectivity index (χ3n) is 4.98. The lowest BCUT2D eigenvalue weighted by Gasteiger charge is -2.27. The lowest BCUT2D eigenvalue weighted by atomic mass is 10.1. The minimum Gasteiger partial charge on any atom is -0.500 e. The van der Waals surface area contributed by atoms with Crippen molar-refractivity contribution in [1.82, 2.24) is 14.9 Å². The van der Waals surface area contributed by atoms with E-state index in [-0.39, 0.29) is 17.2 Å². The molecule has 0 unspecified atom stereocenters. The maximum absolute atomic E-state index is 13.3. The number of aromatic nitrogens is 2. The maximum atomic E-state index is 13.3. The van der Waals surface area contributed by atoms with E-state index in [1.165, 1.54) is 25.3 Å². The monoisotopic (exact) mass is 424 g/mol. The van der Waals surface area contributed by atoms with Crippen molar-refractivity contribution in [3.8, 4) is 11.5 Å². The highest BCUT2D eigenvalue weighted by Gasteiger charge is 2.25. The van der Waals surface area contributed by atoms with E-state index < -0.39 is 16.4 Å². The first kappa shape index (κ1) is 20.4. The molecular weight excluding hydrogens is 404 g/mol. The Kier molecular flexibility index (Phi) is 5.54. The summed E-state index contributed by atoms with van der Waals surface area (Å²) < 4.78 is 10.4. The molecule has 10 heteroatoms. The molecule has 3 aromatic rings. The highest BCUT2D eigenvalue weighted by Crippen LogP contribution is 2.38. The predicted molar refractivity (Wildman–Crippen MR) is 113 cm³/mol. The molecule has 31 heavy (non-hydrogen) atoms. The predicted octanol–water partition coefficient (Wildman–Crippen LogP) is 2.58. The molecule has 1 aliphatic rings. The molecule has 0 bridgehead atoms. The minimum absolute atomic E-state index is 0.0665. The molecule has 0 radical (unpaired) electrons. The number of imidazole rings is 1. The minimum atomic E-state index is -0.708. The van der Waals surface area contributed by atoms with Crippen molar-refractivity contribution >= 4 is 34.3 Å². The number of nitro groups is 1. The number of ether oxygens (including phenoxy) is 2. The van der Waals surface area contributed by atoms with Crippen LogP contribution in [-0.4, -0.2) is 64.2 Å². The quantitative estimate of drug-likeness (QED) is 0.366. The number of rotatable bonds is 5. The Morgan fingerprint density at radius 2 is 2.06 bits per heavy atom. The van der Waals surface area contributed by atoms with Gasteiger partial charge in [0, 0.05) is 19.2 Å². The maximum Gasteiger partial charge on any atom is 0.315 e. The molecule has 0 aliphatic carbocycles. The zero-order valence-corrected chi connectivity index (χ0v) is 16.7.